The summed E-state index contributed by atoms with van der Waals surface area (Å²) in [5.41, 5.74) is 1.76. The Morgan fingerprint density at radius 2 is 1.64 bits per heavy atom. The molecule has 0 aliphatic carbocycles. The molecule has 0 unspecified atom stereocenters. The maximum absolute atomic E-state index is 12.5. The zero-order valence-corrected chi connectivity index (χ0v) is 14.8. The Labute approximate surface area is 150 Å². The molecule has 0 amide bonds. The first-order chi connectivity index (χ1) is 12.1. The highest BCUT2D eigenvalue weighted by Gasteiger charge is 2.30. The molecule has 0 bridgehead atoms. The molecule has 3 rings (SSSR count). The van der Waals surface area contributed by atoms with Gasteiger partial charge >= 0.3 is 0 Å². The number of hydrogen-bond donors (Lipinski definition) is 1. The maximum Gasteiger partial charge on any atom is 0.164 e. The standard InChI is InChI=1S/C22H27NO2/c1-23-19(15-21(24)17-9-4-2-5-10-17)13-8-14-20(23)16-22(25)18-11-6-3-7-12-18/h2-7,9-12,19-21,24H,8,13-16H2,1H3/t19-,20-,21-/m1/s1. The summed E-state index contributed by atoms with van der Waals surface area (Å²) in [5.74, 6) is 0.210. The van der Waals surface area contributed by atoms with Crippen LogP contribution in [0.3, 0.4) is 0 Å². The van der Waals surface area contributed by atoms with Crippen LogP contribution in [-0.2, 0) is 0 Å². The molecule has 2 aromatic rings. The van der Waals surface area contributed by atoms with Crippen LogP contribution in [-0.4, -0.2) is 34.9 Å². The van der Waals surface area contributed by atoms with E-state index >= 15 is 0 Å². The molecule has 0 spiro atoms. The van der Waals surface area contributed by atoms with Crippen molar-refractivity contribution in [2.75, 3.05) is 7.05 Å². The summed E-state index contributed by atoms with van der Waals surface area (Å²) in [6.07, 6.45) is 4.07. The number of hydrogen-bond acceptors (Lipinski definition) is 3. The SMILES string of the molecule is CN1[C@@H](CC(=O)c2ccccc2)CCC[C@@H]1C[C@@H](O)c1ccccc1. The number of Topliss-reactive ketones (excluding diaryl/α,β-unsaturated/α-hetero) is 1. The van der Waals surface area contributed by atoms with Crippen molar-refractivity contribution in [2.45, 2.75) is 50.3 Å². The number of aliphatic hydroxyl groups excluding tert-OH is 1. The van der Waals surface area contributed by atoms with Crippen molar-refractivity contribution in [2.24, 2.45) is 0 Å². The number of nitrogens with zero attached hydrogens (tertiary/aromatic N) is 1. The van der Waals surface area contributed by atoms with Gasteiger partial charge in [-0.1, -0.05) is 67.1 Å². The highest BCUT2D eigenvalue weighted by molar-refractivity contribution is 5.96. The van der Waals surface area contributed by atoms with Crippen molar-refractivity contribution in [3.05, 3.63) is 71.8 Å². The Morgan fingerprint density at radius 3 is 2.32 bits per heavy atom. The van der Waals surface area contributed by atoms with Gasteiger partial charge in [0.05, 0.1) is 6.10 Å². The van der Waals surface area contributed by atoms with Crippen LogP contribution in [0.15, 0.2) is 60.7 Å². The molecule has 0 aromatic heterocycles. The van der Waals surface area contributed by atoms with Crippen LogP contribution in [0, 0.1) is 0 Å². The molecule has 1 fully saturated rings. The fraction of sp³-hybridized carbons (Fsp3) is 0.409. The molecule has 1 aliphatic heterocycles. The predicted octanol–water partition coefficient (Wildman–Crippen LogP) is 4.24. The minimum atomic E-state index is -0.447. The van der Waals surface area contributed by atoms with E-state index in [9.17, 15) is 9.90 Å². The van der Waals surface area contributed by atoms with Crippen molar-refractivity contribution in [3.63, 3.8) is 0 Å². The van der Waals surface area contributed by atoms with Crippen LogP contribution in [0.5, 0.6) is 0 Å². The number of rotatable bonds is 6. The van der Waals surface area contributed by atoms with Crippen molar-refractivity contribution in [1.29, 1.82) is 0 Å². The molecule has 1 aliphatic rings. The molecule has 3 atom stereocenters. The number of piperidine rings is 1. The van der Waals surface area contributed by atoms with Gasteiger partial charge in [-0.05, 0) is 31.9 Å². The van der Waals surface area contributed by atoms with E-state index < -0.39 is 6.10 Å². The first kappa shape index (κ1) is 17.8. The first-order valence-electron chi connectivity index (χ1n) is 9.18. The average Bonchev–Trinajstić information content (AvgIpc) is 2.66. The number of benzene rings is 2. The lowest BCUT2D eigenvalue weighted by Gasteiger charge is -2.40. The Balaban J connectivity index is 1.61. The van der Waals surface area contributed by atoms with E-state index in [1.165, 1.54) is 0 Å². The lowest BCUT2D eigenvalue weighted by molar-refractivity contribution is 0.0549. The van der Waals surface area contributed by atoms with Gasteiger partial charge in [0.1, 0.15) is 0 Å². The largest absolute Gasteiger partial charge is 0.388 e. The molecule has 3 heteroatoms. The third-order valence-corrected chi connectivity index (χ3v) is 5.42. The number of carbonyl (C=O) groups excluding carboxylic acids is 1. The van der Waals surface area contributed by atoms with E-state index in [0.29, 0.717) is 12.5 Å². The highest BCUT2D eigenvalue weighted by atomic mass is 16.3. The fourth-order valence-corrected chi connectivity index (χ4v) is 3.85. The Hall–Kier alpha value is -1.97. The second-order valence-electron chi connectivity index (χ2n) is 7.06. The van der Waals surface area contributed by atoms with Gasteiger partial charge in [-0.15, -0.1) is 0 Å². The van der Waals surface area contributed by atoms with Crippen LogP contribution in [0.25, 0.3) is 0 Å². The van der Waals surface area contributed by atoms with Crippen LogP contribution in [0.4, 0.5) is 0 Å². The van der Waals surface area contributed by atoms with Gasteiger partial charge in [-0.25, -0.2) is 0 Å². The molecule has 0 saturated carbocycles. The fourth-order valence-electron chi connectivity index (χ4n) is 3.85. The molecule has 1 saturated heterocycles. The van der Waals surface area contributed by atoms with E-state index in [4.69, 9.17) is 0 Å². The van der Waals surface area contributed by atoms with Crippen molar-refractivity contribution in [1.82, 2.24) is 4.90 Å². The molecule has 0 radical (unpaired) electrons. The van der Waals surface area contributed by atoms with Crippen LogP contribution >= 0.6 is 0 Å². The zero-order chi connectivity index (χ0) is 17.6. The van der Waals surface area contributed by atoms with Crippen LogP contribution in [0.1, 0.15) is 54.1 Å². The summed E-state index contributed by atoms with van der Waals surface area (Å²) in [7, 11) is 2.10. The van der Waals surface area contributed by atoms with Gasteiger partial charge in [0.25, 0.3) is 0 Å². The topological polar surface area (TPSA) is 40.5 Å². The van der Waals surface area contributed by atoms with Crippen molar-refractivity contribution in [3.8, 4) is 0 Å². The van der Waals surface area contributed by atoms with Crippen LogP contribution in [0.2, 0.25) is 0 Å². The van der Waals surface area contributed by atoms with E-state index in [1.807, 2.05) is 60.7 Å². The monoisotopic (exact) mass is 337 g/mol. The molecule has 2 aromatic carbocycles. The molecule has 1 N–H and O–H groups in total. The lowest BCUT2D eigenvalue weighted by atomic mass is 9.88. The van der Waals surface area contributed by atoms with Gasteiger partial charge in [0, 0.05) is 24.1 Å². The summed E-state index contributed by atoms with van der Waals surface area (Å²) in [6, 6.07) is 20.0. The van der Waals surface area contributed by atoms with E-state index in [1.54, 1.807) is 0 Å². The molecular weight excluding hydrogens is 310 g/mol. The third-order valence-electron chi connectivity index (χ3n) is 5.42. The van der Waals surface area contributed by atoms with Crippen molar-refractivity contribution < 1.29 is 9.90 Å². The van der Waals surface area contributed by atoms with Crippen molar-refractivity contribution >= 4 is 5.78 Å². The van der Waals surface area contributed by atoms with E-state index in [-0.39, 0.29) is 11.8 Å². The molecule has 3 nitrogen and oxygen atoms in total. The minimum absolute atomic E-state index is 0.210. The Morgan fingerprint density at radius 1 is 1.04 bits per heavy atom. The van der Waals surface area contributed by atoms with Gasteiger partial charge in [-0.3, -0.25) is 9.69 Å². The molecule has 1 heterocycles. The zero-order valence-electron chi connectivity index (χ0n) is 14.8. The Kier molecular flexibility index (Phi) is 6.00. The molecular formula is C22H27NO2. The summed E-state index contributed by atoms with van der Waals surface area (Å²) in [6.45, 7) is 0. The smallest absolute Gasteiger partial charge is 0.164 e. The number of likely N-dealkylation sites (tertiary alicyclic amines) is 1. The maximum atomic E-state index is 12.5. The second-order valence-corrected chi connectivity index (χ2v) is 7.06. The van der Waals surface area contributed by atoms with Crippen LogP contribution < -0.4 is 0 Å². The predicted molar refractivity (Wildman–Crippen MR) is 101 cm³/mol. The van der Waals surface area contributed by atoms with Gasteiger partial charge in [-0.2, -0.15) is 0 Å². The normalized spacial score (nSPS) is 22.5. The first-order valence-corrected chi connectivity index (χ1v) is 9.18. The summed E-state index contributed by atoms with van der Waals surface area (Å²) >= 11 is 0. The summed E-state index contributed by atoms with van der Waals surface area (Å²) < 4.78 is 0. The minimum Gasteiger partial charge on any atom is -0.388 e. The number of aliphatic hydroxyl groups is 1. The second kappa shape index (κ2) is 8.41. The van der Waals surface area contributed by atoms with E-state index in [2.05, 4.69) is 11.9 Å². The molecule has 25 heavy (non-hydrogen) atoms. The number of carbonyl (C=O) groups is 1. The quantitative estimate of drug-likeness (QED) is 0.802. The Bertz CT molecular complexity index is 671. The van der Waals surface area contributed by atoms with Gasteiger partial charge in [0.2, 0.25) is 0 Å². The summed E-state index contributed by atoms with van der Waals surface area (Å²) in [5, 5.41) is 10.5. The van der Waals surface area contributed by atoms with Gasteiger partial charge < -0.3 is 5.11 Å². The van der Waals surface area contributed by atoms with Gasteiger partial charge in [0.15, 0.2) is 5.78 Å². The molecule has 132 valence electrons. The lowest BCUT2D eigenvalue weighted by Crippen LogP contribution is -2.45. The highest BCUT2D eigenvalue weighted by Crippen LogP contribution is 2.30. The summed E-state index contributed by atoms with van der Waals surface area (Å²) in [4.78, 5) is 14.8. The number of ketones is 1. The van der Waals surface area contributed by atoms with E-state index in [0.717, 1.165) is 36.8 Å². The average molecular weight is 337 g/mol. The third kappa shape index (κ3) is 4.56.